The van der Waals surface area contributed by atoms with Crippen LogP contribution in [0.25, 0.3) is 0 Å². The van der Waals surface area contributed by atoms with Crippen LogP contribution in [0.15, 0.2) is 23.0 Å². The van der Waals surface area contributed by atoms with Crippen LogP contribution < -0.4 is 5.56 Å². The molecule has 0 bridgehead atoms. The van der Waals surface area contributed by atoms with E-state index in [0.29, 0.717) is 18.4 Å². The first kappa shape index (κ1) is 32.2. The normalized spacial score (nSPS) is 16.6. The number of carbonyl (C=O) groups is 2. The van der Waals surface area contributed by atoms with Crippen LogP contribution in [0.1, 0.15) is 92.0 Å². The predicted octanol–water partition coefficient (Wildman–Crippen LogP) is 5.07. The molecule has 8 nitrogen and oxygen atoms in total. The van der Waals surface area contributed by atoms with E-state index in [2.05, 4.69) is 0 Å². The first-order valence-electron chi connectivity index (χ1n) is 13.5. The Bertz CT molecular complexity index is 1240. The van der Waals surface area contributed by atoms with Gasteiger partial charge in [-0.3, -0.25) is 19.0 Å². The lowest BCUT2D eigenvalue weighted by Gasteiger charge is -2.30. The molecular formula is C28H38ClF2N3O5. The molecule has 3 heterocycles. The number of pyridine rings is 1. The lowest BCUT2D eigenvalue weighted by atomic mass is 9.95. The van der Waals surface area contributed by atoms with E-state index in [4.69, 9.17) is 11.6 Å². The zero-order chi connectivity index (χ0) is 29.4. The number of hydrogen-bond donors (Lipinski definition) is 2. The number of alkyl halides is 1. The van der Waals surface area contributed by atoms with Gasteiger partial charge in [0, 0.05) is 18.7 Å². The summed E-state index contributed by atoms with van der Waals surface area (Å²) < 4.78 is 27.7. The Hall–Kier alpha value is -2.98. The molecule has 2 aliphatic heterocycles. The topological polar surface area (TPSA) is 103 Å². The van der Waals surface area contributed by atoms with Crippen LogP contribution in [0.3, 0.4) is 0 Å². The third-order valence-corrected chi connectivity index (χ3v) is 6.79. The van der Waals surface area contributed by atoms with Crippen LogP contribution >= 0.6 is 11.6 Å². The second kappa shape index (κ2) is 14.4. The smallest absolute Gasteiger partial charge is 0.295 e. The molecule has 4 rings (SSSR count). The van der Waals surface area contributed by atoms with E-state index in [9.17, 15) is 33.4 Å². The van der Waals surface area contributed by atoms with Crippen molar-refractivity contribution in [2.75, 3.05) is 19.8 Å². The fraction of sp³-hybridized carbons (Fsp3) is 0.536. The second-order valence-electron chi connectivity index (χ2n) is 8.84. The number of hydrogen-bond acceptors (Lipinski definition) is 5. The van der Waals surface area contributed by atoms with Gasteiger partial charge in [0.1, 0.15) is 24.4 Å². The van der Waals surface area contributed by atoms with Gasteiger partial charge in [0.15, 0.2) is 5.75 Å². The fourth-order valence-electron chi connectivity index (χ4n) is 4.80. The lowest BCUT2D eigenvalue weighted by Crippen LogP contribution is -2.40. The standard InChI is InChI=1S/C24H26ClF2N3O5.2C2H6/c1-2-3-4-18-29(12-14(31)10-26)23(34)20-15-7-8-28(11-13-5-6-17(27)16(25)9-13)22(33)19(15)21(32)24(35)30(18)20;2*1-2/h5-6,9,14,18,31-32H,2-4,7-8,10-12H2,1H3;2*1-2H3. The molecule has 39 heavy (non-hydrogen) atoms. The number of β-amino-alcohol motifs (C(OH)–C–C–N with tert-alkyl or cyclic N) is 1. The minimum atomic E-state index is -1.42. The zero-order valence-electron chi connectivity index (χ0n) is 23.1. The Morgan fingerprint density at radius 2 is 1.79 bits per heavy atom. The van der Waals surface area contributed by atoms with Crippen LogP contribution in [0.4, 0.5) is 8.78 Å². The van der Waals surface area contributed by atoms with E-state index in [1.54, 1.807) is 0 Å². The van der Waals surface area contributed by atoms with Gasteiger partial charge in [0.2, 0.25) is 0 Å². The van der Waals surface area contributed by atoms with Crippen molar-refractivity contribution in [2.45, 2.75) is 79.1 Å². The summed E-state index contributed by atoms with van der Waals surface area (Å²) in [5, 5.41) is 20.6. The predicted molar refractivity (Wildman–Crippen MR) is 146 cm³/mol. The molecule has 2 unspecified atom stereocenters. The van der Waals surface area contributed by atoms with Gasteiger partial charge in [-0.25, -0.2) is 8.78 Å². The summed E-state index contributed by atoms with van der Waals surface area (Å²) in [5.74, 6) is -2.56. The highest BCUT2D eigenvalue weighted by molar-refractivity contribution is 6.30. The van der Waals surface area contributed by atoms with Gasteiger partial charge in [-0.15, -0.1) is 0 Å². The number of aromatic hydroxyl groups is 1. The number of rotatable bonds is 8. The summed E-state index contributed by atoms with van der Waals surface area (Å²) in [6, 6.07) is 4.07. The number of benzene rings is 1. The Kier molecular flexibility index (Phi) is 11.9. The maximum absolute atomic E-state index is 13.5. The monoisotopic (exact) mass is 569 g/mol. The molecule has 2 atom stereocenters. The molecule has 0 saturated carbocycles. The highest BCUT2D eigenvalue weighted by atomic mass is 35.5. The molecule has 11 heteroatoms. The van der Waals surface area contributed by atoms with E-state index in [-0.39, 0.29) is 47.9 Å². The Morgan fingerprint density at radius 3 is 2.38 bits per heavy atom. The van der Waals surface area contributed by atoms with Crippen LogP contribution in [0.5, 0.6) is 5.75 Å². The molecule has 0 fully saturated rings. The third kappa shape index (κ3) is 6.44. The Balaban J connectivity index is 0.00000127. The summed E-state index contributed by atoms with van der Waals surface area (Å²) in [7, 11) is 0. The molecule has 0 spiro atoms. The van der Waals surface area contributed by atoms with Gasteiger partial charge in [-0.1, -0.05) is 58.7 Å². The average Bonchev–Trinajstić information content (AvgIpc) is 3.22. The number of carbonyl (C=O) groups excluding carboxylic acids is 2. The van der Waals surface area contributed by atoms with E-state index in [1.165, 1.54) is 32.6 Å². The molecule has 2 amide bonds. The van der Waals surface area contributed by atoms with Gasteiger partial charge >= 0.3 is 0 Å². The number of nitrogens with zero attached hydrogens (tertiary/aromatic N) is 3. The van der Waals surface area contributed by atoms with Crippen molar-refractivity contribution in [1.29, 1.82) is 0 Å². The largest absolute Gasteiger partial charge is 0.502 e. The minimum absolute atomic E-state index is 0.00668. The van der Waals surface area contributed by atoms with E-state index >= 15 is 0 Å². The average molecular weight is 570 g/mol. The number of halogens is 3. The van der Waals surface area contributed by atoms with E-state index in [1.807, 2.05) is 34.6 Å². The SMILES string of the molecule is CC.CC.CCCCC1N(CC(O)CF)C(=O)c2c3c(c(O)c(=O)n21)C(=O)N(Cc1ccc(F)c(Cl)c1)CC3. The van der Waals surface area contributed by atoms with E-state index < -0.39 is 47.9 Å². The van der Waals surface area contributed by atoms with Crippen molar-refractivity contribution in [1.82, 2.24) is 14.4 Å². The molecule has 1 aromatic heterocycles. The number of amides is 2. The highest BCUT2D eigenvalue weighted by Crippen LogP contribution is 2.37. The number of aliphatic hydroxyl groups is 1. The minimum Gasteiger partial charge on any atom is -0.502 e. The molecular weight excluding hydrogens is 532 g/mol. The summed E-state index contributed by atoms with van der Waals surface area (Å²) in [4.78, 5) is 42.5. The Morgan fingerprint density at radius 1 is 1.13 bits per heavy atom. The number of aliphatic hydroxyl groups excluding tert-OH is 1. The molecule has 2 aliphatic rings. The number of fused-ring (bicyclic) bond motifs is 3. The van der Waals surface area contributed by atoms with Crippen molar-refractivity contribution >= 4 is 23.4 Å². The molecule has 0 aliphatic carbocycles. The van der Waals surface area contributed by atoms with Crippen LogP contribution in [-0.4, -0.2) is 62.3 Å². The van der Waals surface area contributed by atoms with E-state index in [0.717, 1.165) is 6.42 Å². The summed E-state index contributed by atoms with van der Waals surface area (Å²) >= 11 is 5.84. The fourth-order valence-corrected chi connectivity index (χ4v) is 5.00. The van der Waals surface area contributed by atoms with Gasteiger partial charge in [-0.05, 0) is 37.0 Å². The molecule has 216 valence electrons. The Labute approximate surface area is 232 Å². The van der Waals surface area contributed by atoms with Crippen molar-refractivity contribution in [3.63, 3.8) is 0 Å². The quantitative estimate of drug-likeness (QED) is 0.462. The maximum Gasteiger partial charge on any atom is 0.295 e. The van der Waals surface area contributed by atoms with Crippen molar-refractivity contribution in [3.05, 3.63) is 61.8 Å². The maximum atomic E-state index is 13.5. The van der Waals surface area contributed by atoms with Gasteiger partial charge in [-0.2, -0.15) is 0 Å². The van der Waals surface area contributed by atoms with Crippen molar-refractivity contribution < 1.29 is 28.6 Å². The second-order valence-corrected chi connectivity index (χ2v) is 9.25. The number of unbranched alkanes of at least 4 members (excludes halogenated alkanes) is 1. The zero-order valence-corrected chi connectivity index (χ0v) is 23.9. The van der Waals surface area contributed by atoms with Crippen LogP contribution in [0.2, 0.25) is 5.02 Å². The highest BCUT2D eigenvalue weighted by Gasteiger charge is 2.44. The molecule has 0 saturated heterocycles. The summed E-state index contributed by atoms with van der Waals surface area (Å²) in [6.45, 7) is 8.82. The van der Waals surface area contributed by atoms with Gasteiger partial charge < -0.3 is 20.0 Å². The molecule has 1 aromatic carbocycles. The first-order valence-corrected chi connectivity index (χ1v) is 13.9. The molecule has 2 N–H and O–H groups in total. The number of aromatic nitrogens is 1. The van der Waals surface area contributed by atoms with Gasteiger partial charge in [0.25, 0.3) is 17.4 Å². The van der Waals surface area contributed by atoms with Crippen molar-refractivity contribution in [3.8, 4) is 5.75 Å². The van der Waals surface area contributed by atoms with Gasteiger partial charge in [0.05, 0.1) is 23.2 Å². The third-order valence-electron chi connectivity index (χ3n) is 6.50. The summed E-state index contributed by atoms with van der Waals surface area (Å²) in [5.41, 5.74) is -0.314. The van der Waals surface area contributed by atoms with Crippen molar-refractivity contribution in [2.24, 2.45) is 0 Å². The summed E-state index contributed by atoms with van der Waals surface area (Å²) in [6.07, 6.45) is -0.236. The lowest BCUT2D eigenvalue weighted by molar-refractivity contribution is 0.0433. The molecule has 0 radical (unpaired) electrons. The van der Waals surface area contributed by atoms with Crippen LogP contribution in [0, 0.1) is 5.82 Å². The molecule has 2 aromatic rings. The van der Waals surface area contributed by atoms with Crippen LogP contribution in [-0.2, 0) is 13.0 Å². The first-order chi connectivity index (χ1) is 18.7.